The average molecular weight is 337 g/mol. The molecule has 20 heavy (non-hydrogen) atoms. The molecule has 0 spiro atoms. The van der Waals surface area contributed by atoms with Crippen LogP contribution in [-0.4, -0.2) is 5.11 Å². The van der Waals surface area contributed by atoms with Gasteiger partial charge in [-0.2, -0.15) is 0 Å². The van der Waals surface area contributed by atoms with E-state index < -0.39 is 6.10 Å². The Balaban J connectivity index is 2.65. The molecular weight excluding hydrogens is 319 g/mol. The number of hydrogen-bond acceptors (Lipinski definition) is 1. The van der Waals surface area contributed by atoms with Gasteiger partial charge in [0.1, 0.15) is 11.9 Å². The van der Waals surface area contributed by atoms with E-state index in [1.807, 2.05) is 27.7 Å². The molecule has 0 aliphatic carbocycles. The number of benzene rings is 2. The predicted molar refractivity (Wildman–Crippen MR) is 83.6 cm³/mol. The summed E-state index contributed by atoms with van der Waals surface area (Å²) in [6, 6.07) is 6.85. The molecule has 0 bridgehead atoms. The first-order valence-electron chi connectivity index (χ1n) is 6.53. The zero-order valence-corrected chi connectivity index (χ0v) is 13.7. The van der Waals surface area contributed by atoms with Crippen molar-refractivity contribution < 1.29 is 9.50 Å². The minimum Gasteiger partial charge on any atom is -0.384 e. The van der Waals surface area contributed by atoms with E-state index in [2.05, 4.69) is 22.0 Å². The number of aryl methyl sites for hydroxylation is 2. The molecule has 1 atom stereocenters. The molecule has 2 aromatic carbocycles. The highest BCUT2D eigenvalue weighted by atomic mass is 79.9. The van der Waals surface area contributed by atoms with Crippen LogP contribution in [0.2, 0.25) is 0 Å². The van der Waals surface area contributed by atoms with E-state index in [9.17, 15) is 9.50 Å². The second-order valence-electron chi connectivity index (χ2n) is 5.22. The molecule has 1 nitrogen and oxygen atoms in total. The van der Waals surface area contributed by atoms with Gasteiger partial charge in [-0.05, 0) is 77.5 Å². The van der Waals surface area contributed by atoms with Gasteiger partial charge in [0.15, 0.2) is 0 Å². The molecular formula is C17H18BrFO. The third-order valence-electron chi connectivity index (χ3n) is 3.97. The van der Waals surface area contributed by atoms with Crippen LogP contribution in [0.25, 0.3) is 0 Å². The van der Waals surface area contributed by atoms with E-state index in [0.717, 1.165) is 27.8 Å². The second-order valence-corrected chi connectivity index (χ2v) is 6.01. The summed E-state index contributed by atoms with van der Waals surface area (Å²) in [4.78, 5) is 0. The lowest BCUT2D eigenvalue weighted by atomic mass is 9.88. The molecule has 0 saturated carbocycles. The molecule has 0 amide bonds. The van der Waals surface area contributed by atoms with Gasteiger partial charge in [0.05, 0.1) is 4.47 Å². The van der Waals surface area contributed by atoms with Gasteiger partial charge < -0.3 is 5.11 Å². The van der Waals surface area contributed by atoms with Crippen molar-refractivity contribution in [1.29, 1.82) is 0 Å². The second kappa shape index (κ2) is 5.66. The Bertz CT molecular complexity index is 638. The molecule has 1 N–H and O–H groups in total. The van der Waals surface area contributed by atoms with E-state index in [0.29, 0.717) is 10.0 Å². The molecule has 3 heteroatoms. The highest BCUT2D eigenvalue weighted by Crippen LogP contribution is 2.35. The molecule has 2 aromatic rings. The summed E-state index contributed by atoms with van der Waals surface area (Å²) in [5.74, 6) is -0.360. The Hall–Kier alpha value is -1.19. The monoisotopic (exact) mass is 336 g/mol. The Morgan fingerprint density at radius 2 is 1.60 bits per heavy atom. The molecule has 0 fully saturated rings. The third kappa shape index (κ3) is 2.52. The van der Waals surface area contributed by atoms with Crippen molar-refractivity contribution in [2.75, 3.05) is 0 Å². The quantitative estimate of drug-likeness (QED) is 0.826. The van der Waals surface area contributed by atoms with E-state index >= 15 is 0 Å². The Labute approximate surface area is 127 Å². The van der Waals surface area contributed by atoms with Crippen molar-refractivity contribution >= 4 is 15.9 Å². The lowest BCUT2D eigenvalue weighted by Gasteiger charge is -2.21. The summed E-state index contributed by atoms with van der Waals surface area (Å²) in [6.07, 6.45) is -0.835. The SMILES string of the molecule is Cc1cc(C)c(C)c(C(O)c2cccc(F)c2Br)c1C. The maximum Gasteiger partial charge on any atom is 0.137 e. The van der Waals surface area contributed by atoms with Crippen molar-refractivity contribution in [1.82, 2.24) is 0 Å². The van der Waals surface area contributed by atoms with Crippen LogP contribution >= 0.6 is 15.9 Å². The fourth-order valence-corrected chi connectivity index (χ4v) is 3.03. The zero-order valence-electron chi connectivity index (χ0n) is 12.1. The van der Waals surface area contributed by atoms with Gasteiger partial charge in [0.2, 0.25) is 0 Å². The third-order valence-corrected chi connectivity index (χ3v) is 4.81. The summed E-state index contributed by atoms with van der Waals surface area (Å²) in [5, 5.41) is 10.7. The standard InChI is InChI=1S/C17H18BrFO/c1-9-8-10(2)12(4)15(11(9)3)17(20)13-6-5-7-14(19)16(13)18/h5-8,17,20H,1-4H3. The van der Waals surface area contributed by atoms with E-state index in [1.54, 1.807) is 12.1 Å². The first-order valence-corrected chi connectivity index (χ1v) is 7.33. The smallest absolute Gasteiger partial charge is 0.137 e. The lowest BCUT2D eigenvalue weighted by molar-refractivity contribution is 0.217. The van der Waals surface area contributed by atoms with Crippen LogP contribution in [0.4, 0.5) is 4.39 Å². The van der Waals surface area contributed by atoms with Gasteiger partial charge in [-0.15, -0.1) is 0 Å². The maximum atomic E-state index is 13.7. The lowest BCUT2D eigenvalue weighted by Crippen LogP contribution is -2.08. The average Bonchev–Trinajstić information content (AvgIpc) is 2.40. The fraction of sp³-hybridized carbons (Fsp3) is 0.294. The van der Waals surface area contributed by atoms with Gasteiger partial charge in [0.25, 0.3) is 0 Å². The molecule has 0 aliphatic rings. The Morgan fingerprint density at radius 1 is 1.05 bits per heavy atom. The van der Waals surface area contributed by atoms with Crippen molar-refractivity contribution in [3.05, 3.63) is 67.9 Å². The molecule has 0 saturated heterocycles. The minimum atomic E-state index is -0.835. The highest BCUT2D eigenvalue weighted by Gasteiger charge is 2.21. The largest absolute Gasteiger partial charge is 0.384 e. The topological polar surface area (TPSA) is 20.2 Å². The highest BCUT2D eigenvalue weighted by molar-refractivity contribution is 9.10. The number of aliphatic hydroxyl groups excluding tert-OH is 1. The van der Waals surface area contributed by atoms with Crippen molar-refractivity contribution in [2.24, 2.45) is 0 Å². The Kier molecular flexibility index (Phi) is 4.31. The number of rotatable bonds is 2. The van der Waals surface area contributed by atoms with Gasteiger partial charge in [-0.3, -0.25) is 0 Å². The number of aliphatic hydroxyl groups is 1. The van der Waals surface area contributed by atoms with Gasteiger partial charge in [-0.25, -0.2) is 4.39 Å². The fourth-order valence-electron chi connectivity index (χ4n) is 2.54. The van der Waals surface area contributed by atoms with E-state index in [4.69, 9.17) is 0 Å². The molecule has 0 aromatic heterocycles. The van der Waals surface area contributed by atoms with Crippen LogP contribution in [0.3, 0.4) is 0 Å². The van der Waals surface area contributed by atoms with Crippen LogP contribution in [0.15, 0.2) is 28.7 Å². The minimum absolute atomic E-state index is 0.324. The first kappa shape index (κ1) is 15.2. The van der Waals surface area contributed by atoms with Crippen LogP contribution in [0.5, 0.6) is 0 Å². The van der Waals surface area contributed by atoms with Crippen molar-refractivity contribution in [3.8, 4) is 0 Å². The number of hydrogen-bond donors (Lipinski definition) is 1. The van der Waals surface area contributed by atoms with Crippen molar-refractivity contribution in [3.63, 3.8) is 0 Å². The molecule has 106 valence electrons. The Morgan fingerprint density at radius 3 is 2.15 bits per heavy atom. The first-order chi connectivity index (χ1) is 9.34. The summed E-state index contributed by atoms with van der Waals surface area (Å²) in [6.45, 7) is 8.04. The molecule has 2 rings (SSSR count). The molecule has 1 unspecified atom stereocenters. The van der Waals surface area contributed by atoms with Crippen molar-refractivity contribution in [2.45, 2.75) is 33.8 Å². The maximum absolute atomic E-state index is 13.7. The van der Waals surface area contributed by atoms with Crippen LogP contribution in [-0.2, 0) is 0 Å². The molecule has 0 aliphatic heterocycles. The summed E-state index contributed by atoms with van der Waals surface area (Å²) >= 11 is 3.23. The summed E-state index contributed by atoms with van der Waals surface area (Å²) in [5.41, 5.74) is 5.80. The van der Waals surface area contributed by atoms with Gasteiger partial charge in [0, 0.05) is 5.56 Å². The van der Waals surface area contributed by atoms with E-state index in [1.165, 1.54) is 6.07 Å². The normalized spacial score (nSPS) is 12.6. The summed E-state index contributed by atoms with van der Waals surface area (Å²) < 4.78 is 14.0. The van der Waals surface area contributed by atoms with Gasteiger partial charge >= 0.3 is 0 Å². The van der Waals surface area contributed by atoms with Crippen LogP contribution in [0, 0.1) is 33.5 Å². The summed E-state index contributed by atoms with van der Waals surface area (Å²) in [7, 11) is 0. The number of halogens is 2. The van der Waals surface area contributed by atoms with Gasteiger partial charge in [-0.1, -0.05) is 18.2 Å². The van der Waals surface area contributed by atoms with Crippen LogP contribution < -0.4 is 0 Å². The molecule has 0 radical (unpaired) electrons. The van der Waals surface area contributed by atoms with Crippen LogP contribution in [0.1, 0.15) is 39.5 Å². The predicted octanol–water partition coefficient (Wildman–Crippen LogP) is 4.90. The molecule has 0 heterocycles. The zero-order chi connectivity index (χ0) is 15.0. The van der Waals surface area contributed by atoms with E-state index in [-0.39, 0.29) is 5.82 Å².